The lowest BCUT2D eigenvalue weighted by atomic mass is 10.0. The van der Waals surface area contributed by atoms with Crippen molar-refractivity contribution in [3.05, 3.63) is 33.8 Å². The second-order valence-electron chi connectivity index (χ2n) is 7.49. The van der Waals surface area contributed by atoms with Crippen molar-refractivity contribution < 1.29 is 23.7 Å². The Balaban J connectivity index is 1.38. The van der Waals surface area contributed by atoms with Crippen molar-refractivity contribution in [2.75, 3.05) is 17.3 Å². The molecule has 3 unspecified atom stereocenters. The van der Waals surface area contributed by atoms with Gasteiger partial charge in [-0.2, -0.15) is 0 Å². The van der Waals surface area contributed by atoms with Gasteiger partial charge in [-0.15, -0.1) is 33.3 Å². The van der Waals surface area contributed by atoms with E-state index < -0.39 is 40.0 Å². The van der Waals surface area contributed by atoms with Gasteiger partial charge < -0.3 is 10.4 Å². The average molecular weight is 559 g/mol. The number of rotatable bonds is 11. The number of aromatic nitrogens is 2. The lowest BCUT2D eigenvalue weighted by Crippen LogP contribution is -2.70. The predicted molar refractivity (Wildman–Crippen MR) is 135 cm³/mol. The smallest absolute Gasteiger partial charge is 0.352 e. The number of β-lactam (4-membered cyclic amide) rings is 1. The number of hydrogen-bond donors (Lipinski definition) is 2. The molecule has 0 bridgehead atoms. The molecule has 2 aromatic heterocycles. The largest absolute Gasteiger partial charge is 0.477 e. The molecule has 4 heterocycles. The zero-order valence-electron chi connectivity index (χ0n) is 18.1. The predicted octanol–water partition coefficient (Wildman–Crippen LogP) is 2.58. The van der Waals surface area contributed by atoms with Crippen LogP contribution in [0.15, 0.2) is 37.3 Å². The van der Waals surface area contributed by atoms with Crippen molar-refractivity contribution in [1.29, 1.82) is 0 Å². The summed E-state index contributed by atoms with van der Waals surface area (Å²) in [6, 6.07) is 2.62. The van der Waals surface area contributed by atoms with Crippen LogP contribution in [-0.4, -0.2) is 70.9 Å². The normalized spacial score (nSPS) is 20.6. The maximum absolute atomic E-state index is 12.8. The number of fused-ring (bicyclic) bond motifs is 1. The molecule has 4 rings (SSSR count). The van der Waals surface area contributed by atoms with Gasteiger partial charge in [-0.3, -0.25) is 18.7 Å². The van der Waals surface area contributed by atoms with Gasteiger partial charge in [0.2, 0.25) is 5.91 Å². The van der Waals surface area contributed by atoms with Gasteiger partial charge in [0, 0.05) is 17.9 Å². The van der Waals surface area contributed by atoms with Gasteiger partial charge in [-0.1, -0.05) is 42.5 Å². The fraction of sp³-hybridized carbons (Fsp3) is 0.450. The third-order valence-corrected chi connectivity index (χ3v) is 11.3. The van der Waals surface area contributed by atoms with E-state index in [2.05, 4.69) is 22.4 Å². The number of amides is 2. The lowest BCUT2D eigenvalue weighted by Gasteiger charge is -2.49. The van der Waals surface area contributed by atoms with Crippen LogP contribution in [0.25, 0.3) is 0 Å². The van der Waals surface area contributed by atoms with Crippen molar-refractivity contribution >= 4 is 74.8 Å². The van der Waals surface area contributed by atoms with Crippen LogP contribution in [0.2, 0.25) is 0 Å². The number of carbonyl (C=O) groups is 3. The van der Waals surface area contributed by atoms with Gasteiger partial charge in [0.05, 0.1) is 15.0 Å². The fourth-order valence-electron chi connectivity index (χ4n) is 3.47. The first kappa shape index (κ1) is 25.4. The third-order valence-electron chi connectivity index (χ3n) is 5.11. The molecule has 0 radical (unpaired) electrons. The first-order valence-corrected chi connectivity index (χ1v) is 15.5. The quantitative estimate of drug-likeness (QED) is 0.316. The maximum Gasteiger partial charge on any atom is 0.352 e. The van der Waals surface area contributed by atoms with Crippen LogP contribution >= 0.6 is 46.2 Å². The highest BCUT2D eigenvalue weighted by atomic mass is 32.2. The summed E-state index contributed by atoms with van der Waals surface area (Å²) in [7, 11) is -1.48. The summed E-state index contributed by atoms with van der Waals surface area (Å²) in [6.07, 6.45) is 3.00. The summed E-state index contributed by atoms with van der Waals surface area (Å²) in [5.74, 6) is -1.55. The molecule has 0 aromatic carbocycles. The summed E-state index contributed by atoms with van der Waals surface area (Å²) in [6.45, 7) is 2.11. The van der Waals surface area contributed by atoms with Crippen LogP contribution in [-0.2, 0) is 31.6 Å². The van der Waals surface area contributed by atoms with E-state index in [0.717, 1.165) is 28.6 Å². The molecule has 14 heteroatoms. The number of thioether (sulfide) groups is 2. The van der Waals surface area contributed by atoms with E-state index >= 15 is 0 Å². The molecule has 2 amide bonds. The zero-order valence-corrected chi connectivity index (χ0v) is 22.2. The number of aryl methyl sites for hydroxylation is 1. The number of nitrogens with zero attached hydrogens (tertiary/aromatic N) is 3. The highest BCUT2D eigenvalue weighted by molar-refractivity contribution is 8.01. The Morgan fingerprint density at radius 1 is 1.38 bits per heavy atom. The molecule has 0 aliphatic carbocycles. The van der Waals surface area contributed by atoms with E-state index in [4.69, 9.17) is 0 Å². The minimum Gasteiger partial charge on any atom is -0.477 e. The number of carboxylic acids is 1. The number of carbonyl (C=O) groups excluding carboxylic acids is 2. The van der Waals surface area contributed by atoms with Crippen molar-refractivity contribution in [1.82, 2.24) is 20.4 Å². The number of hydrogen-bond acceptors (Lipinski definition) is 10. The van der Waals surface area contributed by atoms with Gasteiger partial charge in [0.25, 0.3) is 5.91 Å². The molecular formula is C20H22N4O5S5. The lowest BCUT2D eigenvalue weighted by molar-refractivity contribution is -0.150. The van der Waals surface area contributed by atoms with Gasteiger partial charge in [-0.05, 0) is 23.4 Å². The zero-order chi connectivity index (χ0) is 24.2. The van der Waals surface area contributed by atoms with E-state index in [-0.39, 0.29) is 11.4 Å². The number of thiophene rings is 1. The first-order chi connectivity index (χ1) is 16.4. The van der Waals surface area contributed by atoms with E-state index in [0.29, 0.717) is 21.3 Å². The van der Waals surface area contributed by atoms with Crippen LogP contribution in [0.3, 0.4) is 0 Å². The van der Waals surface area contributed by atoms with Gasteiger partial charge in [0.1, 0.15) is 27.9 Å². The van der Waals surface area contributed by atoms with Crippen molar-refractivity contribution in [2.45, 2.75) is 46.2 Å². The fourth-order valence-corrected chi connectivity index (χ4v) is 8.80. The highest BCUT2D eigenvalue weighted by Crippen LogP contribution is 2.41. The first-order valence-electron chi connectivity index (χ1n) is 10.5. The molecule has 2 N–H and O–H groups in total. The van der Waals surface area contributed by atoms with E-state index in [9.17, 15) is 23.7 Å². The standard InChI is InChI=1S/C20H22N4O5S5/c1-2-3-5-13-22-23-20(33-13)32-9-11-8-31-18-15(17(26)24(18)16(11)19(27)28)21-12(25)10-34(29)14-6-4-7-30-14/h4,6-7,15,18H,2-3,5,8-10H2,1H3,(H,21,25)(H,27,28). The highest BCUT2D eigenvalue weighted by Gasteiger charge is 2.54. The van der Waals surface area contributed by atoms with Gasteiger partial charge in [-0.25, -0.2) is 4.79 Å². The minimum absolute atomic E-state index is 0.0235. The molecule has 3 atom stereocenters. The number of nitrogens with one attached hydrogen (secondary N) is 1. The monoisotopic (exact) mass is 558 g/mol. The SMILES string of the molecule is CCCCc1nnc(SCC2=C(C(=O)O)N3C(=O)C(NC(=O)CS(=O)c4cccs4)C3SC2)s1. The molecular weight excluding hydrogens is 537 g/mol. The Labute approximate surface area is 215 Å². The Kier molecular flexibility index (Phi) is 8.45. The average Bonchev–Trinajstić information content (AvgIpc) is 3.51. The molecule has 2 aromatic rings. The van der Waals surface area contributed by atoms with E-state index in [1.807, 2.05) is 0 Å². The van der Waals surface area contributed by atoms with Gasteiger partial charge >= 0.3 is 5.97 Å². The number of carboxylic acid groups (broad SMARTS) is 1. The van der Waals surface area contributed by atoms with Crippen LogP contribution < -0.4 is 5.32 Å². The minimum atomic E-state index is -1.48. The molecule has 0 saturated carbocycles. The number of aliphatic carboxylic acids is 1. The summed E-state index contributed by atoms with van der Waals surface area (Å²) in [5, 5.41) is 23.1. The molecule has 182 valence electrons. The van der Waals surface area contributed by atoms with Crippen LogP contribution in [0.5, 0.6) is 0 Å². The molecule has 34 heavy (non-hydrogen) atoms. The Bertz CT molecular complexity index is 1130. The molecule has 1 saturated heterocycles. The molecule has 2 aliphatic heterocycles. The van der Waals surface area contributed by atoms with E-state index in [1.54, 1.807) is 17.5 Å². The van der Waals surface area contributed by atoms with Gasteiger partial charge in [0.15, 0.2) is 4.34 Å². The van der Waals surface area contributed by atoms with Crippen molar-refractivity contribution in [3.8, 4) is 0 Å². The van der Waals surface area contributed by atoms with E-state index in [1.165, 1.54) is 51.1 Å². The summed E-state index contributed by atoms with van der Waals surface area (Å²) >= 11 is 5.64. The van der Waals surface area contributed by atoms with Crippen LogP contribution in [0.1, 0.15) is 24.8 Å². The molecule has 1 fully saturated rings. The number of unbranched alkanes of at least 4 members (excludes halogenated alkanes) is 1. The van der Waals surface area contributed by atoms with Crippen LogP contribution in [0, 0.1) is 0 Å². The Morgan fingerprint density at radius 3 is 2.91 bits per heavy atom. The topological polar surface area (TPSA) is 130 Å². The second-order valence-corrected chi connectivity index (χ2v) is 13.5. The summed E-state index contributed by atoms with van der Waals surface area (Å²) in [4.78, 5) is 38.4. The molecule has 9 nitrogen and oxygen atoms in total. The van der Waals surface area contributed by atoms with Crippen molar-refractivity contribution in [3.63, 3.8) is 0 Å². The third kappa shape index (κ3) is 5.56. The summed E-state index contributed by atoms with van der Waals surface area (Å²) < 4.78 is 13.6. The Morgan fingerprint density at radius 2 is 2.21 bits per heavy atom. The van der Waals surface area contributed by atoms with Crippen LogP contribution in [0.4, 0.5) is 0 Å². The Hall–Kier alpha value is -1.74. The molecule has 0 spiro atoms. The second kappa shape index (κ2) is 11.3. The summed E-state index contributed by atoms with van der Waals surface area (Å²) in [5.41, 5.74) is 0.616. The molecule has 2 aliphatic rings. The van der Waals surface area contributed by atoms with Crippen molar-refractivity contribution in [2.24, 2.45) is 0 Å². The maximum atomic E-state index is 12.8.